The van der Waals surface area contributed by atoms with Crippen molar-refractivity contribution in [2.45, 2.75) is 70.4 Å². The molecule has 0 unspecified atom stereocenters. The minimum atomic E-state index is -0.206. The Bertz CT molecular complexity index is 567. The largest absolute Gasteiger partial charge is 0.450 e. The van der Waals surface area contributed by atoms with Crippen molar-refractivity contribution in [3.8, 4) is 0 Å². The van der Waals surface area contributed by atoms with Crippen LogP contribution in [0.3, 0.4) is 0 Å². The van der Waals surface area contributed by atoms with Crippen molar-refractivity contribution in [1.29, 1.82) is 0 Å². The minimum Gasteiger partial charge on any atom is -0.450 e. The minimum absolute atomic E-state index is 0.206. The second-order valence-corrected chi connectivity index (χ2v) is 7.23. The van der Waals surface area contributed by atoms with Crippen LogP contribution in [-0.2, 0) is 4.74 Å². The number of likely N-dealkylation sites (tertiary alicyclic amines) is 1. The molecule has 1 saturated heterocycles. The summed E-state index contributed by atoms with van der Waals surface area (Å²) in [6, 6.07) is 2.84. The molecule has 3 rings (SSSR count). The lowest BCUT2D eigenvalue weighted by Gasteiger charge is -2.31. The fourth-order valence-corrected chi connectivity index (χ4v) is 3.78. The van der Waals surface area contributed by atoms with Crippen molar-refractivity contribution in [3.63, 3.8) is 0 Å². The Morgan fingerprint density at radius 3 is 2.19 bits per heavy atom. The van der Waals surface area contributed by atoms with Crippen molar-refractivity contribution in [2.75, 3.05) is 30.3 Å². The first-order chi connectivity index (χ1) is 12.7. The van der Waals surface area contributed by atoms with E-state index < -0.39 is 0 Å². The Balaban J connectivity index is 1.49. The molecule has 0 bridgehead atoms. The van der Waals surface area contributed by atoms with Gasteiger partial charge in [-0.05, 0) is 32.6 Å². The van der Waals surface area contributed by atoms with Crippen LogP contribution in [0.15, 0.2) is 12.4 Å². The molecule has 0 aromatic carbocycles. The van der Waals surface area contributed by atoms with Crippen molar-refractivity contribution >= 4 is 17.7 Å². The lowest BCUT2D eigenvalue weighted by Crippen LogP contribution is -2.42. The number of nitrogens with zero attached hydrogens (tertiary/aromatic N) is 3. The average Bonchev–Trinajstić information content (AvgIpc) is 2.91. The molecule has 2 N–H and O–H groups in total. The maximum atomic E-state index is 11.8. The average molecular weight is 361 g/mol. The van der Waals surface area contributed by atoms with Gasteiger partial charge in [0.2, 0.25) is 0 Å². The van der Waals surface area contributed by atoms with Gasteiger partial charge in [0.1, 0.15) is 18.0 Å². The van der Waals surface area contributed by atoms with Gasteiger partial charge in [0.15, 0.2) is 0 Å². The summed E-state index contributed by atoms with van der Waals surface area (Å²) in [4.78, 5) is 22.3. The number of hydrogen-bond acceptors (Lipinski definition) is 6. The van der Waals surface area contributed by atoms with Crippen molar-refractivity contribution < 1.29 is 9.53 Å². The first kappa shape index (κ1) is 18.7. The van der Waals surface area contributed by atoms with Crippen LogP contribution in [0.2, 0.25) is 0 Å². The summed E-state index contributed by atoms with van der Waals surface area (Å²) in [7, 11) is 0. The number of carbonyl (C=O) groups is 1. The zero-order valence-corrected chi connectivity index (χ0v) is 15.7. The van der Waals surface area contributed by atoms with E-state index in [1.54, 1.807) is 11.2 Å². The topological polar surface area (TPSA) is 79.4 Å². The van der Waals surface area contributed by atoms with Crippen LogP contribution in [-0.4, -0.2) is 52.7 Å². The number of piperidine rings is 1. The lowest BCUT2D eigenvalue weighted by molar-refractivity contribution is 0.0983. The molecule has 2 fully saturated rings. The molecule has 2 aliphatic rings. The molecule has 1 aliphatic carbocycles. The summed E-state index contributed by atoms with van der Waals surface area (Å²) in [6.07, 6.45) is 10.9. The predicted octanol–water partition coefficient (Wildman–Crippen LogP) is 3.64. The number of rotatable bonds is 5. The highest BCUT2D eigenvalue weighted by atomic mass is 16.6. The van der Waals surface area contributed by atoms with Crippen LogP contribution < -0.4 is 10.6 Å². The number of aromatic nitrogens is 2. The normalized spacial score (nSPS) is 19.7. The van der Waals surface area contributed by atoms with Crippen LogP contribution in [0.25, 0.3) is 0 Å². The molecule has 0 radical (unpaired) electrons. The Morgan fingerprint density at radius 1 is 1.04 bits per heavy atom. The third-order valence-corrected chi connectivity index (χ3v) is 5.25. The van der Waals surface area contributed by atoms with Crippen molar-refractivity contribution in [1.82, 2.24) is 14.9 Å². The van der Waals surface area contributed by atoms with E-state index in [1.165, 1.54) is 38.5 Å². The summed E-state index contributed by atoms with van der Waals surface area (Å²) in [5.74, 6) is 1.75. The number of carbonyl (C=O) groups excluding carboxylic acids is 1. The molecule has 1 saturated carbocycles. The van der Waals surface area contributed by atoms with Crippen molar-refractivity contribution in [3.05, 3.63) is 12.4 Å². The second kappa shape index (κ2) is 9.59. The summed E-state index contributed by atoms with van der Waals surface area (Å²) in [5, 5.41) is 7.07. The molecule has 7 heteroatoms. The molecule has 1 aromatic heterocycles. The molecule has 1 aromatic rings. The van der Waals surface area contributed by atoms with Gasteiger partial charge in [-0.1, -0.05) is 25.7 Å². The molecular weight excluding hydrogens is 330 g/mol. The SMILES string of the molecule is CCOC(=O)N1CCC(Nc2cc(NC3CCCCCC3)ncn2)CC1. The molecule has 1 amide bonds. The first-order valence-corrected chi connectivity index (χ1v) is 10.0. The fraction of sp³-hybridized carbons (Fsp3) is 0.737. The summed E-state index contributed by atoms with van der Waals surface area (Å²) >= 11 is 0. The van der Waals surface area contributed by atoms with Gasteiger partial charge in [-0.2, -0.15) is 0 Å². The van der Waals surface area contributed by atoms with Gasteiger partial charge in [0.05, 0.1) is 6.61 Å². The molecule has 26 heavy (non-hydrogen) atoms. The monoisotopic (exact) mass is 361 g/mol. The third kappa shape index (κ3) is 5.47. The fourth-order valence-electron chi connectivity index (χ4n) is 3.78. The predicted molar refractivity (Wildman–Crippen MR) is 102 cm³/mol. The van der Waals surface area contributed by atoms with E-state index in [-0.39, 0.29) is 6.09 Å². The molecule has 0 atom stereocenters. The van der Waals surface area contributed by atoms with Crippen LogP contribution >= 0.6 is 0 Å². The highest BCUT2D eigenvalue weighted by Crippen LogP contribution is 2.22. The zero-order chi connectivity index (χ0) is 18.2. The second-order valence-electron chi connectivity index (χ2n) is 7.23. The van der Waals surface area contributed by atoms with Gasteiger partial charge >= 0.3 is 6.09 Å². The van der Waals surface area contributed by atoms with E-state index >= 15 is 0 Å². The van der Waals surface area contributed by atoms with Crippen LogP contribution in [0.4, 0.5) is 16.4 Å². The van der Waals surface area contributed by atoms with Crippen LogP contribution in [0, 0.1) is 0 Å². The Morgan fingerprint density at radius 2 is 1.62 bits per heavy atom. The molecule has 144 valence electrons. The zero-order valence-electron chi connectivity index (χ0n) is 15.7. The maximum Gasteiger partial charge on any atom is 0.409 e. The maximum absolute atomic E-state index is 11.8. The Kier molecular flexibility index (Phi) is 6.91. The van der Waals surface area contributed by atoms with E-state index in [0.29, 0.717) is 18.7 Å². The van der Waals surface area contributed by atoms with E-state index in [1.807, 2.05) is 13.0 Å². The third-order valence-electron chi connectivity index (χ3n) is 5.25. The van der Waals surface area contributed by atoms with Gasteiger partial charge in [0.25, 0.3) is 0 Å². The molecule has 2 heterocycles. The highest BCUT2D eigenvalue weighted by molar-refractivity contribution is 5.67. The molecule has 0 spiro atoms. The van der Waals surface area contributed by atoms with E-state index in [0.717, 1.165) is 37.6 Å². The van der Waals surface area contributed by atoms with Crippen LogP contribution in [0.5, 0.6) is 0 Å². The quantitative estimate of drug-likeness (QED) is 0.780. The standard InChI is InChI=1S/C19H31N5O2/c1-2-26-19(25)24-11-9-16(10-12-24)23-18-13-17(20-14-21-18)22-15-7-5-3-4-6-8-15/h13-16H,2-12H2,1H3,(H2,20,21,22,23). The van der Waals surface area contributed by atoms with Crippen molar-refractivity contribution in [2.24, 2.45) is 0 Å². The van der Waals surface area contributed by atoms with E-state index in [2.05, 4.69) is 20.6 Å². The molecule has 7 nitrogen and oxygen atoms in total. The summed E-state index contributed by atoms with van der Waals surface area (Å²) < 4.78 is 5.07. The van der Waals surface area contributed by atoms with Gasteiger partial charge in [0, 0.05) is 31.2 Å². The Labute approximate surface area is 155 Å². The molecule has 1 aliphatic heterocycles. The highest BCUT2D eigenvalue weighted by Gasteiger charge is 2.23. The number of ether oxygens (including phenoxy) is 1. The van der Waals surface area contributed by atoms with Gasteiger partial charge in [-0.15, -0.1) is 0 Å². The number of amides is 1. The van der Waals surface area contributed by atoms with Gasteiger partial charge in [-0.25, -0.2) is 14.8 Å². The number of anilines is 2. The van der Waals surface area contributed by atoms with Gasteiger partial charge < -0.3 is 20.3 Å². The smallest absolute Gasteiger partial charge is 0.409 e. The number of hydrogen-bond donors (Lipinski definition) is 2. The summed E-state index contributed by atoms with van der Waals surface area (Å²) in [5.41, 5.74) is 0. The Hall–Kier alpha value is -2.05. The van der Waals surface area contributed by atoms with E-state index in [4.69, 9.17) is 4.74 Å². The number of nitrogens with one attached hydrogen (secondary N) is 2. The van der Waals surface area contributed by atoms with Gasteiger partial charge in [-0.3, -0.25) is 0 Å². The molecular formula is C19H31N5O2. The van der Waals surface area contributed by atoms with Crippen LogP contribution in [0.1, 0.15) is 58.3 Å². The van der Waals surface area contributed by atoms with E-state index in [9.17, 15) is 4.79 Å². The summed E-state index contributed by atoms with van der Waals surface area (Å²) in [6.45, 7) is 3.69. The first-order valence-electron chi connectivity index (χ1n) is 10.0. The lowest BCUT2D eigenvalue weighted by atomic mass is 10.1.